The Morgan fingerprint density at radius 3 is 2.67 bits per heavy atom. The van der Waals surface area contributed by atoms with Crippen LogP contribution in [0.2, 0.25) is 5.02 Å². The third kappa shape index (κ3) is 4.66. The highest BCUT2D eigenvalue weighted by Gasteiger charge is 2.33. The number of carboxylic acid groups (broad SMARTS) is 1. The Bertz CT molecular complexity index is 1330. The zero-order chi connectivity index (χ0) is 25.4. The van der Waals surface area contributed by atoms with E-state index in [9.17, 15) is 9.59 Å². The Balaban J connectivity index is 1.44. The number of aromatic nitrogens is 2. The first-order valence-electron chi connectivity index (χ1n) is 11.6. The number of likely N-dealkylation sites (tertiary alicyclic amines) is 1. The molecule has 0 saturated carbocycles. The molecule has 1 atom stereocenters. The molecule has 2 N–H and O–H groups in total. The predicted octanol–water partition coefficient (Wildman–Crippen LogP) is 4.50. The minimum Gasteiger partial charge on any atom is -0.481 e. The Morgan fingerprint density at radius 1 is 1.14 bits per heavy atom. The van der Waals surface area contributed by atoms with Crippen molar-refractivity contribution in [2.75, 3.05) is 19.6 Å². The molecule has 2 fully saturated rings. The maximum absolute atomic E-state index is 15.1. The fourth-order valence-electron chi connectivity index (χ4n) is 4.62. The molecular weight excluding hydrogens is 494 g/mol. The summed E-state index contributed by atoms with van der Waals surface area (Å²) in [6.07, 6.45) is 2.50. The molecule has 11 heteroatoms. The van der Waals surface area contributed by atoms with Crippen LogP contribution in [0.25, 0.3) is 11.3 Å². The van der Waals surface area contributed by atoms with Crippen LogP contribution in [0.3, 0.4) is 0 Å². The van der Waals surface area contributed by atoms with Crippen molar-refractivity contribution in [3.63, 3.8) is 0 Å². The summed E-state index contributed by atoms with van der Waals surface area (Å²) >= 11 is 6.22. The van der Waals surface area contributed by atoms with Crippen molar-refractivity contribution in [3.8, 4) is 22.8 Å². The summed E-state index contributed by atoms with van der Waals surface area (Å²) < 4.78 is 37.7. The van der Waals surface area contributed by atoms with Crippen molar-refractivity contribution in [2.45, 2.75) is 31.3 Å². The Morgan fingerprint density at radius 2 is 1.94 bits per heavy atom. The molecule has 1 amide bonds. The molecule has 0 unspecified atom stereocenters. The highest BCUT2D eigenvalue weighted by Crippen LogP contribution is 2.38. The van der Waals surface area contributed by atoms with Crippen LogP contribution in [-0.4, -0.2) is 57.3 Å². The maximum atomic E-state index is 15.1. The lowest BCUT2D eigenvalue weighted by Crippen LogP contribution is -2.44. The fraction of sp³-hybridized carbons (Fsp3) is 0.320. The first kappa shape index (κ1) is 24.2. The standard InChI is InChI=1S/C25H23ClF2N4O4/c26-14-3-4-22(18(8-14)21-5-6-30-32(21)16-12-29-13-16)36-23-11-19(27)17(10-20(23)28)25(35)31-7-1-2-15(31)9-24(33)34/h3-6,8,10-11,15-16,29H,1-2,7,9,12-13H2,(H,33,34)/t15-/m0/s1. The van der Waals surface area contributed by atoms with Gasteiger partial charge in [-0.15, -0.1) is 0 Å². The van der Waals surface area contributed by atoms with Crippen molar-refractivity contribution in [2.24, 2.45) is 0 Å². The van der Waals surface area contributed by atoms with E-state index in [4.69, 9.17) is 21.4 Å². The number of nitrogens with one attached hydrogen (secondary N) is 1. The van der Waals surface area contributed by atoms with Gasteiger partial charge in [0, 0.05) is 48.5 Å². The summed E-state index contributed by atoms with van der Waals surface area (Å²) in [6.45, 7) is 1.80. The summed E-state index contributed by atoms with van der Waals surface area (Å²) in [7, 11) is 0. The molecule has 3 heterocycles. The molecule has 188 valence electrons. The van der Waals surface area contributed by atoms with E-state index >= 15 is 8.78 Å². The molecule has 5 rings (SSSR count). The highest BCUT2D eigenvalue weighted by atomic mass is 35.5. The topological polar surface area (TPSA) is 96.7 Å². The van der Waals surface area contributed by atoms with Crippen LogP contribution < -0.4 is 10.1 Å². The molecule has 1 aromatic heterocycles. The average Bonchev–Trinajstić information content (AvgIpc) is 3.45. The van der Waals surface area contributed by atoms with Crippen LogP contribution in [0.5, 0.6) is 11.5 Å². The molecule has 0 aliphatic carbocycles. The third-order valence-electron chi connectivity index (χ3n) is 6.51. The first-order valence-corrected chi connectivity index (χ1v) is 11.9. The summed E-state index contributed by atoms with van der Waals surface area (Å²) in [5.41, 5.74) is 0.801. The van der Waals surface area contributed by atoms with Gasteiger partial charge in [0.05, 0.1) is 23.7 Å². The van der Waals surface area contributed by atoms with Crippen molar-refractivity contribution >= 4 is 23.5 Å². The van der Waals surface area contributed by atoms with E-state index < -0.39 is 40.9 Å². The van der Waals surface area contributed by atoms with Gasteiger partial charge in [-0.25, -0.2) is 8.78 Å². The number of hydrogen-bond acceptors (Lipinski definition) is 5. The number of amides is 1. The quantitative estimate of drug-likeness (QED) is 0.480. The normalized spacial score (nSPS) is 17.8. The highest BCUT2D eigenvalue weighted by molar-refractivity contribution is 6.31. The van der Waals surface area contributed by atoms with Crippen molar-refractivity contribution in [3.05, 3.63) is 64.8 Å². The van der Waals surface area contributed by atoms with Gasteiger partial charge in [-0.05, 0) is 43.2 Å². The molecule has 2 aromatic carbocycles. The van der Waals surface area contributed by atoms with E-state index in [2.05, 4.69) is 10.4 Å². The second-order valence-electron chi connectivity index (χ2n) is 8.87. The zero-order valence-electron chi connectivity index (χ0n) is 19.1. The minimum absolute atomic E-state index is 0.150. The molecule has 0 radical (unpaired) electrons. The number of rotatable bonds is 7. The van der Waals surface area contributed by atoms with Crippen LogP contribution >= 0.6 is 11.6 Å². The van der Waals surface area contributed by atoms with E-state index in [0.29, 0.717) is 29.1 Å². The number of nitrogens with zero attached hydrogens (tertiary/aromatic N) is 3. The minimum atomic E-state index is -1.05. The van der Waals surface area contributed by atoms with Gasteiger partial charge in [0.1, 0.15) is 11.6 Å². The molecule has 0 spiro atoms. The lowest BCUT2D eigenvalue weighted by atomic mass is 10.1. The molecule has 8 nitrogen and oxygen atoms in total. The summed E-state index contributed by atoms with van der Waals surface area (Å²) in [5, 5.41) is 17.1. The Hall–Kier alpha value is -3.50. The van der Waals surface area contributed by atoms with E-state index in [1.807, 2.05) is 4.68 Å². The van der Waals surface area contributed by atoms with Crippen LogP contribution in [-0.2, 0) is 4.79 Å². The lowest BCUT2D eigenvalue weighted by molar-refractivity contribution is -0.137. The van der Waals surface area contributed by atoms with Gasteiger partial charge >= 0.3 is 5.97 Å². The van der Waals surface area contributed by atoms with E-state index in [1.54, 1.807) is 30.5 Å². The number of carbonyl (C=O) groups is 2. The molecule has 3 aromatic rings. The van der Waals surface area contributed by atoms with E-state index in [0.717, 1.165) is 25.2 Å². The van der Waals surface area contributed by atoms with Gasteiger partial charge in [0.2, 0.25) is 0 Å². The monoisotopic (exact) mass is 516 g/mol. The lowest BCUT2D eigenvalue weighted by Gasteiger charge is -2.29. The summed E-state index contributed by atoms with van der Waals surface area (Å²) in [5.74, 6) is -3.83. The average molecular weight is 517 g/mol. The predicted molar refractivity (Wildman–Crippen MR) is 127 cm³/mol. The molecular formula is C25H23ClF2N4O4. The third-order valence-corrected chi connectivity index (χ3v) is 6.75. The number of halogens is 3. The van der Waals surface area contributed by atoms with Gasteiger partial charge in [-0.2, -0.15) is 5.10 Å². The maximum Gasteiger partial charge on any atom is 0.305 e. The van der Waals surface area contributed by atoms with Gasteiger partial charge < -0.3 is 20.1 Å². The molecule has 2 saturated heterocycles. The number of benzene rings is 2. The van der Waals surface area contributed by atoms with Gasteiger partial charge in [0.15, 0.2) is 11.6 Å². The smallest absolute Gasteiger partial charge is 0.305 e. The van der Waals surface area contributed by atoms with Crippen LogP contribution in [0.1, 0.15) is 35.7 Å². The van der Waals surface area contributed by atoms with Crippen molar-refractivity contribution < 1.29 is 28.2 Å². The molecule has 2 aliphatic rings. The number of hydrogen-bond donors (Lipinski definition) is 2. The number of carbonyl (C=O) groups excluding carboxylic acids is 1. The number of carboxylic acids is 1. The second kappa shape index (κ2) is 9.87. The van der Waals surface area contributed by atoms with Crippen LogP contribution in [0, 0.1) is 11.6 Å². The van der Waals surface area contributed by atoms with Gasteiger partial charge in [-0.1, -0.05) is 11.6 Å². The van der Waals surface area contributed by atoms with Crippen molar-refractivity contribution in [1.82, 2.24) is 20.0 Å². The number of ether oxygens (including phenoxy) is 1. The largest absolute Gasteiger partial charge is 0.481 e. The molecule has 0 bridgehead atoms. The van der Waals surface area contributed by atoms with E-state index in [1.165, 1.54) is 4.90 Å². The SMILES string of the molecule is O=C(O)C[C@@H]1CCCN1C(=O)c1cc(F)c(Oc2ccc(Cl)cc2-c2ccnn2C2CNC2)cc1F. The summed E-state index contributed by atoms with van der Waals surface area (Å²) in [4.78, 5) is 25.3. The van der Waals surface area contributed by atoms with Gasteiger partial charge in [-0.3, -0.25) is 14.3 Å². The first-order chi connectivity index (χ1) is 17.3. The molecule has 36 heavy (non-hydrogen) atoms. The molecule has 2 aliphatic heterocycles. The van der Waals surface area contributed by atoms with Crippen LogP contribution in [0.4, 0.5) is 8.78 Å². The fourth-order valence-corrected chi connectivity index (χ4v) is 4.79. The van der Waals surface area contributed by atoms with Gasteiger partial charge in [0.25, 0.3) is 5.91 Å². The Kier molecular flexibility index (Phi) is 6.63. The second-order valence-corrected chi connectivity index (χ2v) is 9.31. The number of aliphatic carboxylic acids is 1. The van der Waals surface area contributed by atoms with E-state index in [-0.39, 0.29) is 24.8 Å². The summed E-state index contributed by atoms with van der Waals surface area (Å²) in [6, 6.07) is 7.81. The Labute approximate surface area is 210 Å². The van der Waals surface area contributed by atoms with Crippen LogP contribution in [0.15, 0.2) is 42.6 Å². The zero-order valence-corrected chi connectivity index (χ0v) is 19.8. The van der Waals surface area contributed by atoms with Crippen molar-refractivity contribution in [1.29, 1.82) is 0 Å².